The van der Waals surface area contributed by atoms with Crippen LogP contribution in [0.3, 0.4) is 0 Å². The highest BCUT2D eigenvalue weighted by Gasteiger charge is 2.32. The molecule has 0 atom stereocenters. The molecule has 0 aliphatic carbocycles. The summed E-state index contributed by atoms with van der Waals surface area (Å²) < 4.78 is 5.58. The van der Waals surface area contributed by atoms with Gasteiger partial charge in [0.25, 0.3) is 5.91 Å². The number of hydrogen-bond acceptors (Lipinski definition) is 5. The molecule has 1 N–H and O–H groups in total. The molecule has 0 radical (unpaired) electrons. The zero-order valence-electron chi connectivity index (χ0n) is 17.3. The summed E-state index contributed by atoms with van der Waals surface area (Å²) in [6.45, 7) is 8.70. The van der Waals surface area contributed by atoms with Gasteiger partial charge in [0.15, 0.2) is 16.7 Å². The van der Waals surface area contributed by atoms with Crippen LogP contribution in [-0.4, -0.2) is 34.2 Å². The zero-order valence-corrected chi connectivity index (χ0v) is 18.1. The van der Waals surface area contributed by atoms with Crippen molar-refractivity contribution in [1.82, 2.24) is 4.90 Å². The summed E-state index contributed by atoms with van der Waals surface area (Å²) in [6.07, 6.45) is 4.90. The number of aromatic hydroxyl groups is 1. The van der Waals surface area contributed by atoms with E-state index in [4.69, 9.17) is 4.74 Å². The lowest BCUT2D eigenvalue weighted by molar-refractivity contribution is -0.122. The summed E-state index contributed by atoms with van der Waals surface area (Å²) in [5, 5.41) is 11.1. The van der Waals surface area contributed by atoms with Crippen molar-refractivity contribution < 1.29 is 14.6 Å². The van der Waals surface area contributed by atoms with Crippen molar-refractivity contribution in [2.45, 2.75) is 26.7 Å². The molecule has 1 fully saturated rings. The minimum Gasteiger partial charge on any atom is -0.504 e. The van der Waals surface area contributed by atoms with Crippen LogP contribution in [-0.2, 0) is 11.2 Å². The second kappa shape index (κ2) is 10.2. The second-order valence-electron chi connectivity index (χ2n) is 6.75. The van der Waals surface area contributed by atoms with E-state index in [9.17, 15) is 9.90 Å². The molecular formula is C24H26N2O3S. The third-order valence-electron chi connectivity index (χ3n) is 4.45. The van der Waals surface area contributed by atoms with Crippen LogP contribution in [0, 0.1) is 0 Å². The molecule has 1 heterocycles. The van der Waals surface area contributed by atoms with Crippen LogP contribution in [0.25, 0.3) is 6.08 Å². The van der Waals surface area contributed by atoms with Gasteiger partial charge in [0.1, 0.15) is 0 Å². The van der Waals surface area contributed by atoms with E-state index in [0.29, 0.717) is 41.0 Å². The molecular weight excluding hydrogens is 396 g/mol. The molecule has 6 heteroatoms. The molecule has 1 aliphatic rings. The van der Waals surface area contributed by atoms with E-state index < -0.39 is 0 Å². The fourth-order valence-electron chi connectivity index (χ4n) is 3.13. The van der Waals surface area contributed by atoms with Gasteiger partial charge in [-0.3, -0.25) is 9.69 Å². The van der Waals surface area contributed by atoms with Gasteiger partial charge in [-0.25, -0.2) is 4.99 Å². The van der Waals surface area contributed by atoms with Gasteiger partial charge in [-0.05, 0) is 67.4 Å². The number of amides is 1. The van der Waals surface area contributed by atoms with E-state index in [1.807, 2.05) is 56.3 Å². The molecule has 1 saturated heterocycles. The Balaban J connectivity index is 1.99. The van der Waals surface area contributed by atoms with Gasteiger partial charge in [-0.1, -0.05) is 31.2 Å². The Morgan fingerprint density at radius 3 is 2.67 bits per heavy atom. The lowest BCUT2D eigenvalue weighted by Gasteiger charge is -2.14. The van der Waals surface area contributed by atoms with Gasteiger partial charge < -0.3 is 9.84 Å². The number of allylic oxidation sites excluding steroid dienone is 1. The molecule has 5 nitrogen and oxygen atoms in total. The fraction of sp³-hybridized carbons (Fsp3) is 0.250. The highest BCUT2D eigenvalue weighted by atomic mass is 32.2. The van der Waals surface area contributed by atoms with Crippen LogP contribution in [0.4, 0.5) is 5.69 Å². The summed E-state index contributed by atoms with van der Waals surface area (Å²) in [4.78, 5) is 20.0. The molecule has 3 rings (SSSR count). The highest BCUT2D eigenvalue weighted by molar-refractivity contribution is 8.18. The van der Waals surface area contributed by atoms with Crippen molar-refractivity contribution >= 4 is 34.6 Å². The summed E-state index contributed by atoms with van der Waals surface area (Å²) in [6, 6.07) is 13.2. The van der Waals surface area contributed by atoms with Crippen LogP contribution in [0.1, 0.15) is 31.4 Å². The zero-order chi connectivity index (χ0) is 21.5. The maximum atomic E-state index is 13.0. The molecule has 30 heavy (non-hydrogen) atoms. The number of aliphatic imine (C=N–C) groups is 1. The number of phenolic OH excluding ortho intramolecular Hbond substituents is 1. The fourth-order valence-corrected chi connectivity index (χ4v) is 4.15. The Labute approximate surface area is 181 Å². The van der Waals surface area contributed by atoms with Crippen LogP contribution in [0.5, 0.6) is 11.5 Å². The number of amidine groups is 1. The summed E-state index contributed by atoms with van der Waals surface area (Å²) >= 11 is 1.36. The Hall–Kier alpha value is -2.99. The van der Waals surface area contributed by atoms with Crippen molar-refractivity contribution in [1.29, 1.82) is 0 Å². The number of rotatable bonds is 8. The minimum atomic E-state index is -0.0622. The predicted molar refractivity (Wildman–Crippen MR) is 124 cm³/mol. The van der Waals surface area contributed by atoms with Gasteiger partial charge in [-0.15, -0.1) is 6.58 Å². The first-order chi connectivity index (χ1) is 14.6. The molecule has 1 aliphatic heterocycles. The topological polar surface area (TPSA) is 62.1 Å². The summed E-state index contributed by atoms with van der Waals surface area (Å²) in [5.41, 5.74) is 2.31. The monoisotopic (exact) mass is 422 g/mol. The molecule has 0 saturated carbocycles. The summed E-state index contributed by atoms with van der Waals surface area (Å²) in [5.74, 6) is 0.457. The first kappa shape index (κ1) is 21.7. The van der Waals surface area contributed by atoms with Crippen molar-refractivity contribution in [2.24, 2.45) is 4.99 Å². The number of thioether (sulfide) groups is 1. The lowest BCUT2D eigenvalue weighted by Crippen LogP contribution is -2.29. The number of phenols is 1. The Morgan fingerprint density at radius 2 is 2.00 bits per heavy atom. The molecule has 156 valence electrons. The number of carbonyl (C=O) groups excluding carboxylic acids is 1. The van der Waals surface area contributed by atoms with Crippen LogP contribution >= 0.6 is 11.8 Å². The van der Waals surface area contributed by atoms with Gasteiger partial charge in [-0.2, -0.15) is 0 Å². The highest BCUT2D eigenvalue weighted by Crippen LogP contribution is 2.37. The van der Waals surface area contributed by atoms with E-state index in [1.54, 1.807) is 17.0 Å². The molecule has 0 unspecified atom stereocenters. The van der Waals surface area contributed by atoms with Gasteiger partial charge in [0, 0.05) is 12.1 Å². The maximum Gasteiger partial charge on any atom is 0.266 e. The average molecular weight is 423 g/mol. The van der Waals surface area contributed by atoms with Gasteiger partial charge in [0.05, 0.1) is 17.2 Å². The van der Waals surface area contributed by atoms with E-state index in [-0.39, 0.29) is 11.7 Å². The molecule has 2 aromatic rings. The average Bonchev–Trinajstić information content (AvgIpc) is 3.01. The molecule has 0 bridgehead atoms. The lowest BCUT2D eigenvalue weighted by atomic mass is 10.1. The first-order valence-electron chi connectivity index (χ1n) is 10.0. The number of para-hydroxylation sites is 1. The predicted octanol–water partition coefficient (Wildman–Crippen LogP) is 5.53. The number of benzene rings is 2. The van der Waals surface area contributed by atoms with E-state index in [0.717, 1.165) is 17.7 Å². The quantitative estimate of drug-likeness (QED) is 0.449. The molecule has 0 spiro atoms. The second-order valence-corrected chi connectivity index (χ2v) is 7.76. The molecule has 1 amide bonds. The van der Waals surface area contributed by atoms with Crippen molar-refractivity contribution in [2.75, 3.05) is 13.2 Å². The van der Waals surface area contributed by atoms with E-state index in [2.05, 4.69) is 11.6 Å². The number of carbonyl (C=O) groups is 1. The maximum absolute atomic E-state index is 13.0. The van der Waals surface area contributed by atoms with Gasteiger partial charge in [0.2, 0.25) is 0 Å². The van der Waals surface area contributed by atoms with Crippen LogP contribution in [0.2, 0.25) is 0 Å². The summed E-state index contributed by atoms with van der Waals surface area (Å²) in [7, 11) is 0. The van der Waals surface area contributed by atoms with E-state index in [1.165, 1.54) is 11.8 Å². The standard InChI is InChI=1S/C24H26N2O3S/c1-4-10-18-14-17(15-20(22(18)27)29-6-3)16-21-23(28)26(13-5-2)24(30-21)25-19-11-8-7-9-12-19/h4,7-9,11-12,14-16,27H,1,5-6,10,13H2,2-3H3/b21-16+,25-24?. The number of nitrogens with zero attached hydrogens (tertiary/aromatic N) is 2. The smallest absolute Gasteiger partial charge is 0.266 e. The SMILES string of the molecule is C=CCc1cc(/C=C2/SC(=Nc3ccccc3)N(CCC)C2=O)cc(OCC)c1O. The normalized spacial score (nSPS) is 16.5. The largest absolute Gasteiger partial charge is 0.504 e. The molecule has 0 aromatic heterocycles. The van der Waals surface area contributed by atoms with Crippen LogP contribution in [0.15, 0.2) is 65.0 Å². The Bertz CT molecular complexity index is 983. The van der Waals surface area contributed by atoms with Crippen molar-refractivity contribution in [3.05, 3.63) is 71.2 Å². The third-order valence-corrected chi connectivity index (χ3v) is 5.46. The van der Waals surface area contributed by atoms with Gasteiger partial charge >= 0.3 is 0 Å². The Morgan fingerprint density at radius 1 is 1.23 bits per heavy atom. The number of ether oxygens (including phenoxy) is 1. The molecule has 2 aromatic carbocycles. The van der Waals surface area contributed by atoms with Crippen molar-refractivity contribution in [3.8, 4) is 11.5 Å². The third kappa shape index (κ3) is 4.94. The number of hydrogen-bond donors (Lipinski definition) is 1. The first-order valence-corrected chi connectivity index (χ1v) is 10.8. The van der Waals surface area contributed by atoms with Crippen LogP contribution < -0.4 is 4.74 Å². The Kier molecular flexibility index (Phi) is 7.36. The van der Waals surface area contributed by atoms with Crippen molar-refractivity contribution in [3.63, 3.8) is 0 Å². The van der Waals surface area contributed by atoms with E-state index >= 15 is 0 Å². The minimum absolute atomic E-state index is 0.0622.